The van der Waals surface area contributed by atoms with Crippen molar-refractivity contribution in [2.24, 2.45) is 5.92 Å². The summed E-state index contributed by atoms with van der Waals surface area (Å²) in [4.78, 5) is 2.73. The lowest BCUT2D eigenvalue weighted by Gasteiger charge is -2.40. The van der Waals surface area contributed by atoms with Gasteiger partial charge in [-0.3, -0.25) is 0 Å². The van der Waals surface area contributed by atoms with E-state index in [2.05, 4.69) is 35.3 Å². The van der Waals surface area contributed by atoms with Crippen molar-refractivity contribution in [2.75, 3.05) is 11.4 Å². The lowest BCUT2D eigenvalue weighted by molar-refractivity contribution is 0.362. The number of fused-ring (bicyclic) bond motifs is 1. The second kappa shape index (κ2) is 5.64. The van der Waals surface area contributed by atoms with Crippen LogP contribution in [0.2, 0.25) is 0 Å². The number of piperidine rings is 1. The number of anilines is 1. The molecule has 1 saturated heterocycles. The van der Waals surface area contributed by atoms with Crippen LogP contribution in [-0.4, -0.2) is 18.6 Å². The first-order valence-corrected chi connectivity index (χ1v) is 8.91. The third-order valence-corrected chi connectivity index (χ3v) is 5.74. The van der Waals surface area contributed by atoms with E-state index in [1.54, 1.807) is 0 Å². The Kier molecular flexibility index (Phi) is 3.66. The first-order chi connectivity index (χ1) is 10.3. The maximum Gasteiger partial charge on any atom is 0.0398 e. The van der Waals surface area contributed by atoms with E-state index in [9.17, 15) is 0 Å². The molecule has 1 heterocycles. The van der Waals surface area contributed by atoms with E-state index < -0.39 is 0 Å². The van der Waals surface area contributed by atoms with E-state index in [0.717, 1.165) is 24.5 Å². The van der Waals surface area contributed by atoms with Crippen molar-refractivity contribution in [1.29, 1.82) is 0 Å². The minimum Gasteiger partial charge on any atom is -0.368 e. The van der Waals surface area contributed by atoms with E-state index in [4.69, 9.17) is 0 Å². The normalized spacial score (nSPS) is 28.7. The van der Waals surface area contributed by atoms with Crippen LogP contribution in [0.1, 0.15) is 56.1 Å². The minimum absolute atomic E-state index is 0.798. The van der Waals surface area contributed by atoms with Crippen molar-refractivity contribution < 1.29 is 0 Å². The summed E-state index contributed by atoms with van der Waals surface area (Å²) in [6.07, 6.45) is 9.89. The molecule has 2 nitrogen and oxygen atoms in total. The molecule has 0 radical (unpaired) electrons. The summed E-state index contributed by atoms with van der Waals surface area (Å²) in [7, 11) is 0. The maximum absolute atomic E-state index is 3.62. The number of aryl methyl sites for hydroxylation is 1. The van der Waals surface area contributed by atoms with Crippen molar-refractivity contribution in [1.82, 2.24) is 5.32 Å². The Morgan fingerprint density at radius 3 is 2.76 bits per heavy atom. The molecule has 2 unspecified atom stereocenters. The van der Waals surface area contributed by atoms with Gasteiger partial charge in [-0.05, 0) is 68.6 Å². The molecule has 21 heavy (non-hydrogen) atoms. The summed E-state index contributed by atoms with van der Waals surface area (Å²) >= 11 is 0. The molecule has 0 amide bonds. The first-order valence-electron chi connectivity index (χ1n) is 8.91. The number of hydrogen-bond donors (Lipinski definition) is 1. The van der Waals surface area contributed by atoms with Gasteiger partial charge in [0.2, 0.25) is 0 Å². The molecular formula is C19H28N2. The molecule has 0 aromatic heterocycles. The van der Waals surface area contributed by atoms with Gasteiger partial charge in [-0.2, -0.15) is 0 Å². The van der Waals surface area contributed by atoms with Gasteiger partial charge in [-0.1, -0.05) is 18.6 Å². The quantitative estimate of drug-likeness (QED) is 0.898. The predicted octanol–water partition coefficient (Wildman–Crippen LogP) is 4.02. The zero-order valence-electron chi connectivity index (χ0n) is 13.3. The molecule has 1 aromatic carbocycles. The smallest absolute Gasteiger partial charge is 0.0398 e. The Bertz CT molecular complexity index is 506. The number of benzene rings is 1. The van der Waals surface area contributed by atoms with Gasteiger partial charge in [0.05, 0.1) is 0 Å². The van der Waals surface area contributed by atoms with Crippen molar-refractivity contribution in [3.8, 4) is 0 Å². The fraction of sp³-hybridized carbons (Fsp3) is 0.684. The SMILES string of the molecule is Cc1cc(CNC2CC2)ccc1N1CCCC2CCCC21. The van der Waals surface area contributed by atoms with Crippen LogP contribution in [0, 0.1) is 12.8 Å². The average molecular weight is 284 g/mol. The van der Waals surface area contributed by atoms with Crippen molar-refractivity contribution >= 4 is 5.69 Å². The molecule has 4 rings (SSSR count). The molecule has 0 spiro atoms. The highest BCUT2D eigenvalue weighted by Crippen LogP contribution is 2.40. The van der Waals surface area contributed by atoms with Gasteiger partial charge in [-0.15, -0.1) is 0 Å². The van der Waals surface area contributed by atoms with Crippen LogP contribution in [0.15, 0.2) is 18.2 Å². The topological polar surface area (TPSA) is 15.3 Å². The Hall–Kier alpha value is -1.02. The lowest BCUT2D eigenvalue weighted by Crippen LogP contribution is -2.43. The van der Waals surface area contributed by atoms with Crippen LogP contribution in [0.4, 0.5) is 5.69 Å². The third-order valence-electron chi connectivity index (χ3n) is 5.74. The monoisotopic (exact) mass is 284 g/mol. The Balaban J connectivity index is 1.50. The Morgan fingerprint density at radius 2 is 1.95 bits per heavy atom. The average Bonchev–Trinajstić information content (AvgIpc) is 3.20. The molecule has 2 atom stereocenters. The molecule has 3 fully saturated rings. The Morgan fingerprint density at radius 1 is 1.10 bits per heavy atom. The number of hydrogen-bond acceptors (Lipinski definition) is 2. The summed E-state index contributed by atoms with van der Waals surface area (Å²) in [5.41, 5.74) is 4.42. The zero-order valence-corrected chi connectivity index (χ0v) is 13.3. The highest BCUT2D eigenvalue weighted by atomic mass is 15.2. The molecular weight excluding hydrogens is 256 g/mol. The van der Waals surface area contributed by atoms with Crippen LogP contribution in [-0.2, 0) is 6.54 Å². The first kappa shape index (κ1) is 13.6. The number of nitrogens with one attached hydrogen (secondary N) is 1. The fourth-order valence-corrected chi connectivity index (χ4v) is 4.45. The van der Waals surface area contributed by atoms with Crippen LogP contribution < -0.4 is 10.2 Å². The molecule has 2 aliphatic carbocycles. The van der Waals surface area contributed by atoms with Gasteiger partial charge in [0, 0.05) is 30.9 Å². The zero-order chi connectivity index (χ0) is 14.2. The summed E-state index contributed by atoms with van der Waals surface area (Å²) in [5.74, 6) is 0.967. The molecule has 0 bridgehead atoms. The standard InChI is InChI=1S/C19H28N2/c1-14-12-15(13-20-17-8-9-17)7-10-18(14)21-11-3-5-16-4-2-6-19(16)21/h7,10,12,16-17,19-20H,2-6,8-9,11,13H2,1H3. The van der Waals surface area contributed by atoms with Gasteiger partial charge in [-0.25, -0.2) is 0 Å². The van der Waals surface area contributed by atoms with Crippen molar-refractivity contribution in [3.63, 3.8) is 0 Å². The summed E-state index contributed by atoms with van der Waals surface area (Å²) in [5, 5.41) is 3.62. The molecule has 1 aromatic rings. The predicted molar refractivity (Wildman–Crippen MR) is 88.7 cm³/mol. The van der Waals surface area contributed by atoms with Crippen LogP contribution in [0.3, 0.4) is 0 Å². The van der Waals surface area contributed by atoms with Gasteiger partial charge in [0.1, 0.15) is 0 Å². The second-order valence-electron chi connectivity index (χ2n) is 7.37. The van der Waals surface area contributed by atoms with E-state index in [1.807, 2.05) is 0 Å². The van der Waals surface area contributed by atoms with Crippen molar-refractivity contribution in [2.45, 2.75) is 70.5 Å². The third kappa shape index (κ3) is 2.83. The van der Waals surface area contributed by atoms with Crippen LogP contribution >= 0.6 is 0 Å². The minimum atomic E-state index is 0.798. The highest BCUT2D eigenvalue weighted by Gasteiger charge is 2.35. The van der Waals surface area contributed by atoms with E-state index >= 15 is 0 Å². The van der Waals surface area contributed by atoms with Crippen LogP contribution in [0.25, 0.3) is 0 Å². The molecule has 1 N–H and O–H groups in total. The molecule has 2 saturated carbocycles. The fourth-order valence-electron chi connectivity index (χ4n) is 4.45. The molecule has 1 aliphatic heterocycles. The summed E-state index contributed by atoms with van der Waals surface area (Å²) in [6, 6.07) is 8.76. The van der Waals surface area contributed by atoms with Gasteiger partial charge in [0.15, 0.2) is 0 Å². The van der Waals surface area contributed by atoms with Gasteiger partial charge in [0.25, 0.3) is 0 Å². The van der Waals surface area contributed by atoms with E-state index in [1.165, 1.54) is 68.3 Å². The number of nitrogens with zero attached hydrogens (tertiary/aromatic N) is 1. The van der Waals surface area contributed by atoms with Crippen molar-refractivity contribution in [3.05, 3.63) is 29.3 Å². The lowest BCUT2D eigenvalue weighted by atomic mass is 9.91. The summed E-state index contributed by atoms with van der Waals surface area (Å²) < 4.78 is 0. The maximum atomic E-state index is 3.62. The van der Waals surface area contributed by atoms with Gasteiger partial charge < -0.3 is 10.2 Å². The molecule has 2 heteroatoms. The van der Waals surface area contributed by atoms with Crippen LogP contribution in [0.5, 0.6) is 0 Å². The molecule has 3 aliphatic rings. The number of rotatable bonds is 4. The van der Waals surface area contributed by atoms with E-state index in [0.29, 0.717) is 0 Å². The second-order valence-corrected chi connectivity index (χ2v) is 7.37. The van der Waals surface area contributed by atoms with Gasteiger partial charge >= 0.3 is 0 Å². The molecule has 114 valence electrons. The summed E-state index contributed by atoms with van der Waals surface area (Å²) in [6.45, 7) is 4.61. The van der Waals surface area contributed by atoms with E-state index in [-0.39, 0.29) is 0 Å². The highest BCUT2D eigenvalue weighted by molar-refractivity contribution is 5.56. The Labute approximate surface area is 128 Å². The largest absolute Gasteiger partial charge is 0.368 e.